The Morgan fingerprint density at radius 3 is 2.82 bits per heavy atom. The van der Waals surface area contributed by atoms with Crippen LogP contribution < -0.4 is 14.8 Å². The van der Waals surface area contributed by atoms with Gasteiger partial charge in [0.15, 0.2) is 0 Å². The van der Waals surface area contributed by atoms with E-state index in [1.54, 1.807) is 24.4 Å². The standard InChI is InChI=1S/C22H23ClN2O3/c1-3-18(25-15(2)26)8-6-16-7-11-22(24-13-16)28-21-10-9-19(12-20(21)23)27-14-17-4-5-17/h1,7,9-13,17-18H,4-6,8,14H2,2H3,(H,25,26)/t18-/m0/s1. The predicted octanol–water partition coefficient (Wildman–Crippen LogP) is 4.39. The van der Waals surface area contributed by atoms with Crippen LogP contribution in [0.1, 0.15) is 31.7 Å². The lowest BCUT2D eigenvalue weighted by Gasteiger charge is -2.12. The van der Waals surface area contributed by atoms with Crippen LogP contribution in [-0.4, -0.2) is 23.5 Å². The molecular weight excluding hydrogens is 376 g/mol. The molecular formula is C22H23ClN2O3. The van der Waals surface area contributed by atoms with Crippen LogP contribution in [0.25, 0.3) is 0 Å². The lowest BCUT2D eigenvalue weighted by atomic mass is 10.1. The van der Waals surface area contributed by atoms with Crippen molar-refractivity contribution in [3.05, 3.63) is 47.1 Å². The number of carbonyl (C=O) groups is 1. The average Bonchev–Trinajstić information content (AvgIpc) is 3.50. The van der Waals surface area contributed by atoms with Gasteiger partial charge < -0.3 is 14.8 Å². The number of ether oxygens (including phenoxy) is 2. The summed E-state index contributed by atoms with van der Waals surface area (Å²) in [6.45, 7) is 2.19. The van der Waals surface area contributed by atoms with E-state index in [9.17, 15) is 4.79 Å². The number of aromatic nitrogens is 1. The Morgan fingerprint density at radius 1 is 1.39 bits per heavy atom. The quantitative estimate of drug-likeness (QED) is 0.636. The predicted molar refractivity (Wildman–Crippen MR) is 109 cm³/mol. The van der Waals surface area contributed by atoms with Crippen molar-refractivity contribution >= 4 is 17.5 Å². The Hall–Kier alpha value is -2.71. The summed E-state index contributed by atoms with van der Waals surface area (Å²) in [7, 11) is 0. The van der Waals surface area contributed by atoms with Gasteiger partial charge >= 0.3 is 0 Å². The van der Waals surface area contributed by atoms with Gasteiger partial charge in [-0.1, -0.05) is 23.6 Å². The molecule has 6 heteroatoms. The lowest BCUT2D eigenvalue weighted by Crippen LogP contribution is -2.32. The van der Waals surface area contributed by atoms with Crippen LogP contribution in [0.3, 0.4) is 0 Å². The fourth-order valence-electron chi connectivity index (χ4n) is 2.64. The molecule has 146 valence electrons. The summed E-state index contributed by atoms with van der Waals surface area (Å²) in [4.78, 5) is 15.4. The van der Waals surface area contributed by atoms with Crippen LogP contribution >= 0.6 is 11.6 Å². The molecule has 1 N–H and O–H groups in total. The van der Waals surface area contributed by atoms with E-state index in [1.807, 2.05) is 12.1 Å². The molecule has 3 rings (SSSR count). The van der Waals surface area contributed by atoms with Gasteiger partial charge in [-0.2, -0.15) is 0 Å². The van der Waals surface area contributed by atoms with E-state index in [0.717, 1.165) is 17.9 Å². The highest BCUT2D eigenvalue weighted by Crippen LogP contribution is 2.34. The molecule has 0 aliphatic heterocycles. The van der Waals surface area contributed by atoms with Crippen molar-refractivity contribution in [2.75, 3.05) is 6.61 Å². The van der Waals surface area contributed by atoms with Gasteiger partial charge in [0.1, 0.15) is 11.5 Å². The first-order valence-corrected chi connectivity index (χ1v) is 9.69. The van der Waals surface area contributed by atoms with Gasteiger partial charge in [0.05, 0.1) is 17.7 Å². The molecule has 1 amide bonds. The maximum absolute atomic E-state index is 11.1. The molecule has 0 radical (unpaired) electrons. The Morgan fingerprint density at radius 2 is 2.21 bits per heavy atom. The Bertz CT molecular complexity index is 857. The number of hydrogen-bond donors (Lipinski definition) is 1. The fraction of sp³-hybridized carbons (Fsp3) is 0.364. The minimum absolute atomic E-state index is 0.134. The van der Waals surface area contributed by atoms with E-state index in [4.69, 9.17) is 27.5 Å². The minimum Gasteiger partial charge on any atom is -0.493 e. The van der Waals surface area contributed by atoms with Gasteiger partial charge in [0.2, 0.25) is 11.8 Å². The second-order valence-electron chi connectivity index (χ2n) is 6.91. The van der Waals surface area contributed by atoms with Crippen LogP contribution in [0.15, 0.2) is 36.5 Å². The van der Waals surface area contributed by atoms with Gasteiger partial charge in [-0.15, -0.1) is 6.42 Å². The first-order valence-electron chi connectivity index (χ1n) is 9.32. The van der Waals surface area contributed by atoms with Crippen LogP contribution in [0.4, 0.5) is 0 Å². The van der Waals surface area contributed by atoms with Crippen molar-refractivity contribution in [3.8, 4) is 29.7 Å². The summed E-state index contributed by atoms with van der Waals surface area (Å²) in [5.74, 6) is 4.85. The largest absolute Gasteiger partial charge is 0.493 e. The molecule has 1 fully saturated rings. The minimum atomic E-state index is -0.284. The lowest BCUT2D eigenvalue weighted by molar-refractivity contribution is -0.119. The molecule has 1 aliphatic rings. The normalized spacial score (nSPS) is 14.0. The summed E-state index contributed by atoms with van der Waals surface area (Å²) < 4.78 is 11.5. The summed E-state index contributed by atoms with van der Waals surface area (Å²) >= 11 is 6.30. The third-order valence-corrected chi connectivity index (χ3v) is 4.69. The number of nitrogens with one attached hydrogen (secondary N) is 1. The average molecular weight is 399 g/mol. The second kappa shape index (κ2) is 9.48. The first kappa shape index (κ1) is 20.0. The zero-order chi connectivity index (χ0) is 19.9. The van der Waals surface area contributed by atoms with Crippen LogP contribution in [0.2, 0.25) is 5.02 Å². The second-order valence-corrected chi connectivity index (χ2v) is 7.32. The highest BCUT2D eigenvalue weighted by Gasteiger charge is 2.22. The van der Waals surface area contributed by atoms with Crippen molar-refractivity contribution in [3.63, 3.8) is 0 Å². The Kier molecular flexibility index (Phi) is 6.78. The molecule has 2 aromatic rings. The number of carbonyl (C=O) groups excluding carboxylic acids is 1. The molecule has 1 heterocycles. The van der Waals surface area contributed by atoms with Crippen molar-refractivity contribution in [2.24, 2.45) is 5.92 Å². The van der Waals surface area contributed by atoms with Crippen LogP contribution in [-0.2, 0) is 11.2 Å². The van der Waals surface area contributed by atoms with Crippen molar-refractivity contribution in [1.82, 2.24) is 10.3 Å². The zero-order valence-corrected chi connectivity index (χ0v) is 16.5. The topological polar surface area (TPSA) is 60.5 Å². The van der Waals surface area contributed by atoms with E-state index in [-0.39, 0.29) is 11.9 Å². The van der Waals surface area contributed by atoms with E-state index in [0.29, 0.717) is 35.4 Å². The first-order chi connectivity index (χ1) is 13.5. The third-order valence-electron chi connectivity index (χ3n) is 4.40. The number of aryl methyl sites for hydroxylation is 1. The molecule has 1 aliphatic carbocycles. The maximum Gasteiger partial charge on any atom is 0.219 e. The van der Waals surface area contributed by atoms with E-state index < -0.39 is 0 Å². The van der Waals surface area contributed by atoms with Crippen molar-refractivity contribution in [2.45, 2.75) is 38.6 Å². The van der Waals surface area contributed by atoms with Gasteiger partial charge in [-0.3, -0.25) is 4.79 Å². The molecule has 0 unspecified atom stereocenters. The van der Waals surface area contributed by atoms with Crippen LogP contribution in [0.5, 0.6) is 17.4 Å². The Labute approximate surface area is 170 Å². The van der Waals surface area contributed by atoms with Gasteiger partial charge in [-0.05, 0) is 49.3 Å². The number of nitrogens with zero attached hydrogens (tertiary/aromatic N) is 1. The number of benzene rings is 1. The van der Waals surface area contributed by atoms with Crippen LogP contribution in [0, 0.1) is 18.3 Å². The monoisotopic (exact) mass is 398 g/mol. The molecule has 1 aromatic carbocycles. The smallest absolute Gasteiger partial charge is 0.219 e. The maximum atomic E-state index is 11.1. The number of halogens is 1. The number of pyridine rings is 1. The molecule has 0 spiro atoms. The van der Waals surface area contributed by atoms with Gasteiger partial charge in [0, 0.05) is 25.3 Å². The van der Waals surface area contributed by atoms with E-state index >= 15 is 0 Å². The van der Waals surface area contributed by atoms with Gasteiger partial charge in [0.25, 0.3) is 0 Å². The van der Waals surface area contributed by atoms with E-state index in [1.165, 1.54) is 19.8 Å². The molecule has 28 heavy (non-hydrogen) atoms. The van der Waals surface area contributed by atoms with Crippen molar-refractivity contribution in [1.29, 1.82) is 0 Å². The molecule has 1 atom stereocenters. The summed E-state index contributed by atoms with van der Waals surface area (Å²) in [5, 5.41) is 3.21. The molecule has 0 bridgehead atoms. The highest BCUT2D eigenvalue weighted by atomic mass is 35.5. The molecule has 0 saturated heterocycles. The SMILES string of the molecule is C#C[C@@H](CCc1ccc(Oc2ccc(OCC3CC3)cc2Cl)nc1)NC(C)=O. The van der Waals surface area contributed by atoms with Crippen molar-refractivity contribution < 1.29 is 14.3 Å². The molecule has 1 aromatic heterocycles. The number of terminal acetylenes is 1. The summed E-state index contributed by atoms with van der Waals surface area (Å²) in [5.41, 5.74) is 1.01. The summed E-state index contributed by atoms with van der Waals surface area (Å²) in [6, 6.07) is 8.81. The molecule has 5 nitrogen and oxygen atoms in total. The third kappa shape index (κ3) is 6.17. The van der Waals surface area contributed by atoms with Gasteiger partial charge in [-0.25, -0.2) is 4.98 Å². The van der Waals surface area contributed by atoms with E-state index in [2.05, 4.69) is 16.2 Å². The number of hydrogen-bond acceptors (Lipinski definition) is 4. The molecule has 1 saturated carbocycles. The Balaban J connectivity index is 1.53. The zero-order valence-electron chi connectivity index (χ0n) is 15.8. The highest BCUT2D eigenvalue weighted by molar-refractivity contribution is 6.32. The number of amides is 1. The summed E-state index contributed by atoms with van der Waals surface area (Å²) in [6.07, 6.45) is 11.0. The number of rotatable bonds is 9. The fourth-order valence-corrected chi connectivity index (χ4v) is 2.85.